The fourth-order valence-electron chi connectivity index (χ4n) is 7.79. The summed E-state index contributed by atoms with van der Waals surface area (Å²) < 4.78 is 1.36. The van der Waals surface area contributed by atoms with Crippen molar-refractivity contribution >= 4 is 46.4 Å². The molecule has 11 heteroatoms. The lowest BCUT2D eigenvalue weighted by Crippen LogP contribution is -2.71. The zero-order valence-electron chi connectivity index (χ0n) is 24.7. The van der Waals surface area contributed by atoms with Crippen molar-refractivity contribution in [3.8, 4) is 0 Å². The Kier molecular flexibility index (Phi) is 6.65. The van der Waals surface area contributed by atoms with E-state index in [1.807, 2.05) is 6.07 Å². The van der Waals surface area contributed by atoms with E-state index < -0.39 is 51.9 Å². The fourth-order valence-corrected chi connectivity index (χ4v) is 9.41. The van der Waals surface area contributed by atoms with Crippen LogP contribution in [0.15, 0.2) is 53.5 Å². The number of nitrogens with zero attached hydrogens (tertiary/aromatic N) is 2. The molecule has 2 saturated heterocycles. The molecule has 44 heavy (non-hydrogen) atoms. The molecule has 7 rings (SSSR count). The lowest BCUT2D eigenvalue weighted by Gasteiger charge is -2.44. The summed E-state index contributed by atoms with van der Waals surface area (Å²) >= 11 is 1.33. The number of rotatable bonds is 6. The van der Waals surface area contributed by atoms with Crippen LogP contribution in [-0.4, -0.2) is 60.5 Å². The fraction of sp³-hybridized carbons (Fsp3) is 0.424. The second kappa shape index (κ2) is 10.2. The van der Waals surface area contributed by atoms with Crippen LogP contribution in [0.1, 0.15) is 84.6 Å². The zero-order chi connectivity index (χ0) is 31.1. The molecule has 2 aromatic carbocycles. The first-order valence-electron chi connectivity index (χ1n) is 15.1. The quantitative estimate of drug-likeness (QED) is 0.361. The topological polar surface area (TPSA) is 138 Å². The van der Waals surface area contributed by atoms with E-state index in [0.717, 1.165) is 36.8 Å². The van der Waals surface area contributed by atoms with Crippen molar-refractivity contribution in [1.29, 1.82) is 0 Å². The number of hydrogen-bond acceptors (Lipinski definition) is 6. The highest BCUT2D eigenvalue weighted by Crippen LogP contribution is 2.51. The average Bonchev–Trinajstić information content (AvgIpc) is 3.47. The molecule has 6 unspecified atom stereocenters. The zero-order valence-corrected chi connectivity index (χ0v) is 25.5. The van der Waals surface area contributed by atoms with Gasteiger partial charge in [0.2, 0.25) is 17.2 Å². The molecule has 3 N–H and O–H groups in total. The SMILES string of the molecule is Cc1ccc2c(=O)c(C(=O)NC(C(=O)NC3C(=O)N4C3SC(C)(C)C4C(=O)O)c3ccccc3)cn3c2c1C1CCCCC13. The lowest BCUT2D eigenvalue weighted by atomic mass is 9.81. The van der Waals surface area contributed by atoms with Gasteiger partial charge in [-0.2, -0.15) is 0 Å². The number of aryl methyl sites for hydroxylation is 1. The number of carbonyl (C=O) groups excluding carboxylic acids is 3. The summed E-state index contributed by atoms with van der Waals surface area (Å²) in [4.78, 5) is 67.7. The molecule has 3 fully saturated rings. The Labute approximate surface area is 258 Å². The summed E-state index contributed by atoms with van der Waals surface area (Å²) in [6.45, 7) is 5.60. The minimum absolute atomic E-state index is 0.0319. The van der Waals surface area contributed by atoms with E-state index in [4.69, 9.17) is 0 Å². The van der Waals surface area contributed by atoms with Gasteiger partial charge in [-0.3, -0.25) is 19.2 Å². The number of aromatic nitrogens is 1. The minimum Gasteiger partial charge on any atom is -0.480 e. The van der Waals surface area contributed by atoms with Crippen LogP contribution >= 0.6 is 11.8 Å². The van der Waals surface area contributed by atoms with Crippen molar-refractivity contribution in [1.82, 2.24) is 20.1 Å². The van der Waals surface area contributed by atoms with Gasteiger partial charge in [0.15, 0.2) is 0 Å². The van der Waals surface area contributed by atoms with Crippen LogP contribution in [0, 0.1) is 6.92 Å². The summed E-state index contributed by atoms with van der Waals surface area (Å²) in [5, 5.41) is 15.3. The van der Waals surface area contributed by atoms with Crippen LogP contribution in [-0.2, 0) is 14.4 Å². The van der Waals surface area contributed by atoms with Crippen LogP contribution in [0.25, 0.3) is 10.9 Å². The maximum Gasteiger partial charge on any atom is 0.327 e. The maximum atomic E-state index is 13.9. The number of aliphatic carboxylic acids is 1. The largest absolute Gasteiger partial charge is 0.480 e. The van der Waals surface area contributed by atoms with Crippen molar-refractivity contribution in [2.45, 2.75) is 86.7 Å². The third-order valence-corrected chi connectivity index (χ3v) is 11.4. The summed E-state index contributed by atoms with van der Waals surface area (Å²) in [6.07, 6.45) is 5.89. The van der Waals surface area contributed by atoms with Crippen LogP contribution < -0.4 is 16.1 Å². The summed E-state index contributed by atoms with van der Waals surface area (Å²) in [6, 6.07) is 9.46. The van der Waals surface area contributed by atoms with Gasteiger partial charge in [-0.1, -0.05) is 49.2 Å². The molecule has 0 bridgehead atoms. The van der Waals surface area contributed by atoms with Crippen LogP contribution in [0.2, 0.25) is 0 Å². The monoisotopic (exact) mass is 614 g/mol. The molecular formula is C33H34N4O6S. The van der Waals surface area contributed by atoms with Gasteiger partial charge < -0.3 is 25.2 Å². The highest BCUT2D eigenvalue weighted by Gasteiger charge is 2.64. The van der Waals surface area contributed by atoms with Crippen LogP contribution in [0.3, 0.4) is 0 Å². The van der Waals surface area contributed by atoms with E-state index in [1.165, 1.54) is 22.2 Å². The number of pyridine rings is 1. The number of fused-ring (bicyclic) bond motifs is 4. The standard InChI is InChI=1S/C33H34N4O6S/c1-16-13-14-19-25-22(16)18-11-7-8-12-21(18)36(25)15-20(26(19)38)28(39)34-23(17-9-5-4-6-10-17)29(40)35-24-30(41)37-27(32(42)43)33(2,3)44-31(24)37/h4-6,9-10,13-15,18,21,23-24,27,31H,7-8,11-12H2,1-3H3,(H,34,39)(H,35,40)(H,42,43). The van der Waals surface area contributed by atoms with E-state index in [0.29, 0.717) is 16.9 Å². The number of hydrogen-bond donors (Lipinski definition) is 3. The second-order valence-electron chi connectivity index (χ2n) is 12.8. The van der Waals surface area contributed by atoms with Gasteiger partial charge in [-0.15, -0.1) is 11.8 Å². The Morgan fingerprint density at radius 3 is 2.50 bits per heavy atom. The number of benzene rings is 2. The molecular weight excluding hydrogens is 580 g/mol. The first-order chi connectivity index (χ1) is 21.0. The Morgan fingerprint density at radius 2 is 1.77 bits per heavy atom. The third-order valence-electron chi connectivity index (χ3n) is 9.80. The molecule has 1 saturated carbocycles. The molecule has 4 heterocycles. The average molecular weight is 615 g/mol. The predicted octanol–water partition coefficient (Wildman–Crippen LogP) is 3.63. The van der Waals surface area contributed by atoms with Gasteiger partial charge in [0, 0.05) is 28.3 Å². The second-order valence-corrected chi connectivity index (χ2v) is 14.6. The molecule has 3 amide bonds. The van der Waals surface area contributed by atoms with E-state index in [9.17, 15) is 29.1 Å². The summed E-state index contributed by atoms with van der Waals surface area (Å²) in [7, 11) is 0. The van der Waals surface area contributed by atoms with Gasteiger partial charge in [0.05, 0.1) is 5.52 Å². The molecule has 10 nitrogen and oxygen atoms in total. The summed E-state index contributed by atoms with van der Waals surface area (Å²) in [5.74, 6) is -2.54. The normalized spacial score (nSPS) is 26.8. The van der Waals surface area contributed by atoms with Crippen LogP contribution in [0.4, 0.5) is 0 Å². The van der Waals surface area contributed by atoms with E-state index >= 15 is 0 Å². The molecule has 3 aromatic rings. The molecule has 1 aromatic heterocycles. The van der Waals surface area contributed by atoms with Crippen LogP contribution in [0.5, 0.6) is 0 Å². The lowest BCUT2D eigenvalue weighted by molar-refractivity contribution is -0.161. The number of amides is 3. The van der Waals surface area contributed by atoms with Crippen molar-refractivity contribution in [2.24, 2.45) is 0 Å². The predicted molar refractivity (Wildman–Crippen MR) is 165 cm³/mol. The molecule has 0 spiro atoms. The maximum absolute atomic E-state index is 13.9. The van der Waals surface area contributed by atoms with E-state index in [-0.39, 0.29) is 17.0 Å². The smallest absolute Gasteiger partial charge is 0.327 e. The molecule has 0 radical (unpaired) electrons. The molecule has 3 aliphatic heterocycles. The molecule has 228 valence electrons. The number of thioether (sulfide) groups is 1. The minimum atomic E-state index is -1.19. The highest BCUT2D eigenvalue weighted by atomic mass is 32.2. The number of carbonyl (C=O) groups is 4. The number of carboxylic acids is 1. The Hall–Kier alpha value is -4.12. The van der Waals surface area contributed by atoms with Crippen molar-refractivity contribution in [3.63, 3.8) is 0 Å². The van der Waals surface area contributed by atoms with Gasteiger partial charge in [-0.25, -0.2) is 4.79 Å². The Bertz CT molecular complexity index is 1800. The molecule has 6 atom stereocenters. The van der Waals surface area contributed by atoms with Crippen molar-refractivity contribution in [2.75, 3.05) is 0 Å². The van der Waals surface area contributed by atoms with Gasteiger partial charge in [-0.05, 0) is 56.4 Å². The molecule has 1 aliphatic carbocycles. The van der Waals surface area contributed by atoms with Gasteiger partial charge in [0.25, 0.3) is 5.91 Å². The Morgan fingerprint density at radius 1 is 1.05 bits per heavy atom. The van der Waals surface area contributed by atoms with Gasteiger partial charge in [0.1, 0.15) is 29.1 Å². The summed E-state index contributed by atoms with van der Waals surface area (Å²) in [5.41, 5.74) is 3.34. The Balaban J connectivity index is 1.20. The highest BCUT2D eigenvalue weighted by molar-refractivity contribution is 8.01. The van der Waals surface area contributed by atoms with E-state index in [1.54, 1.807) is 56.4 Å². The molecule has 4 aliphatic rings. The number of carboxylic acid groups (broad SMARTS) is 1. The third kappa shape index (κ3) is 4.19. The first kappa shape index (κ1) is 28.6. The van der Waals surface area contributed by atoms with E-state index in [2.05, 4.69) is 22.1 Å². The first-order valence-corrected chi connectivity index (χ1v) is 15.9. The van der Waals surface area contributed by atoms with Crippen molar-refractivity contribution < 1.29 is 24.3 Å². The number of nitrogens with one attached hydrogen (secondary N) is 2. The van der Waals surface area contributed by atoms with Gasteiger partial charge >= 0.3 is 5.97 Å². The number of β-lactam (4-membered cyclic amide) rings is 1. The van der Waals surface area contributed by atoms with Crippen molar-refractivity contribution in [3.05, 3.63) is 81.1 Å².